The van der Waals surface area contributed by atoms with Gasteiger partial charge in [-0.25, -0.2) is 4.79 Å². The van der Waals surface area contributed by atoms with E-state index in [1.807, 2.05) is 11.8 Å². The van der Waals surface area contributed by atoms with Gasteiger partial charge in [-0.3, -0.25) is 0 Å². The second-order valence-electron chi connectivity index (χ2n) is 3.31. The zero-order valence-electron chi connectivity index (χ0n) is 6.63. The van der Waals surface area contributed by atoms with Crippen molar-refractivity contribution in [3.05, 3.63) is 0 Å². The fraction of sp³-hybridized carbons (Fsp3) is 0.857. The minimum Gasteiger partial charge on any atom is -0.334 e. The van der Waals surface area contributed by atoms with Crippen LogP contribution in [0, 0.1) is 0 Å². The summed E-state index contributed by atoms with van der Waals surface area (Å²) >= 11 is 0. The summed E-state index contributed by atoms with van der Waals surface area (Å²) in [7, 11) is 0. The minimum atomic E-state index is 0.101. The quantitative estimate of drug-likeness (QED) is 0.529. The van der Waals surface area contributed by atoms with Crippen molar-refractivity contribution in [2.75, 3.05) is 19.6 Å². The Labute approximate surface area is 65.9 Å². The van der Waals surface area contributed by atoms with Crippen molar-refractivity contribution >= 4 is 6.03 Å². The first-order valence-electron chi connectivity index (χ1n) is 4.05. The van der Waals surface area contributed by atoms with Crippen molar-refractivity contribution in [1.82, 2.24) is 15.5 Å². The van der Waals surface area contributed by atoms with Crippen LogP contribution in [-0.4, -0.2) is 42.6 Å². The second-order valence-corrected chi connectivity index (χ2v) is 3.31. The number of nitrogens with one attached hydrogen (secondary N) is 2. The van der Waals surface area contributed by atoms with E-state index < -0.39 is 0 Å². The molecule has 2 aliphatic rings. The van der Waals surface area contributed by atoms with E-state index in [-0.39, 0.29) is 6.03 Å². The fourth-order valence-electron chi connectivity index (χ4n) is 1.53. The van der Waals surface area contributed by atoms with Crippen LogP contribution in [0.1, 0.15) is 6.92 Å². The SMILES string of the molecule is CC1CN(C2CNC2)C(=O)N1. The Morgan fingerprint density at radius 3 is 2.64 bits per heavy atom. The maximum Gasteiger partial charge on any atom is 0.318 e. The van der Waals surface area contributed by atoms with Crippen LogP contribution in [0.2, 0.25) is 0 Å². The number of carbonyl (C=O) groups is 1. The standard InChI is InChI=1S/C7H13N3O/c1-5-4-10(7(11)9-5)6-2-8-3-6/h5-6,8H,2-4H2,1H3,(H,9,11). The van der Waals surface area contributed by atoms with Crippen LogP contribution in [0.5, 0.6) is 0 Å². The molecule has 0 radical (unpaired) electrons. The summed E-state index contributed by atoms with van der Waals surface area (Å²) in [6.45, 7) is 4.81. The number of urea groups is 1. The Morgan fingerprint density at radius 1 is 1.55 bits per heavy atom. The molecule has 0 aromatic carbocycles. The average Bonchev–Trinajstić information content (AvgIpc) is 2.07. The Morgan fingerprint density at radius 2 is 2.27 bits per heavy atom. The van der Waals surface area contributed by atoms with E-state index in [0.717, 1.165) is 19.6 Å². The number of amides is 2. The van der Waals surface area contributed by atoms with Gasteiger partial charge in [-0.05, 0) is 6.92 Å². The van der Waals surface area contributed by atoms with Crippen molar-refractivity contribution < 1.29 is 4.79 Å². The molecule has 1 atom stereocenters. The average molecular weight is 155 g/mol. The Bertz CT molecular complexity index is 179. The highest BCUT2D eigenvalue weighted by molar-refractivity contribution is 5.77. The molecule has 2 aliphatic heterocycles. The van der Waals surface area contributed by atoms with Crippen molar-refractivity contribution in [2.45, 2.75) is 19.0 Å². The number of carbonyl (C=O) groups excluding carboxylic acids is 1. The van der Waals surface area contributed by atoms with E-state index in [4.69, 9.17) is 0 Å². The number of hydrogen-bond acceptors (Lipinski definition) is 2. The molecule has 0 aliphatic carbocycles. The normalized spacial score (nSPS) is 31.9. The second kappa shape index (κ2) is 2.37. The third-order valence-electron chi connectivity index (χ3n) is 2.30. The van der Waals surface area contributed by atoms with Crippen LogP contribution in [0.4, 0.5) is 4.79 Å². The van der Waals surface area contributed by atoms with Gasteiger partial charge in [-0.15, -0.1) is 0 Å². The Balaban J connectivity index is 1.97. The topological polar surface area (TPSA) is 44.4 Å². The van der Waals surface area contributed by atoms with Gasteiger partial charge in [0, 0.05) is 25.7 Å². The van der Waals surface area contributed by atoms with Crippen molar-refractivity contribution in [3.8, 4) is 0 Å². The maximum atomic E-state index is 11.2. The highest BCUT2D eigenvalue weighted by atomic mass is 16.2. The van der Waals surface area contributed by atoms with Gasteiger partial charge in [0.05, 0.1) is 6.04 Å². The molecule has 2 fully saturated rings. The molecular formula is C7H13N3O. The minimum absolute atomic E-state index is 0.101. The largest absolute Gasteiger partial charge is 0.334 e. The lowest BCUT2D eigenvalue weighted by Gasteiger charge is -2.34. The summed E-state index contributed by atoms with van der Waals surface area (Å²) in [5.74, 6) is 0. The summed E-state index contributed by atoms with van der Waals surface area (Å²) in [6, 6.07) is 0.868. The third kappa shape index (κ3) is 1.07. The first kappa shape index (κ1) is 6.91. The highest BCUT2D eigenvalue weighted by Crippen LogP contribution is 2.11. The molecule has 2 heterocycles. The maximum absolute atomic E-state index is 11.2. The molecule has 11 heavy (non-hydrogen) atoms. The summed E-state index contributed by atoms with van der Waals surface area (Å²) < 4.78 is 0. The number of rotatable bonds is 1. The zero-order chi connectivity index (χ0) is 7.84. The molecule has 4 heteroatoms. The molecule has 0 aromatic rings. The van der Waals surface area contributed by atoms with Gasteiger partial charge in [0.1, 0.15) is 0 Å². The predicted molar refractivity (Wildman–Crippen MR) is 41.4 cm³/mol. The van der Waals surface area contributed by atoms with Gasteiger partial charge in [0.15, 0.2) is 0 Å². The van der Waals surface area contributed by atoms with Crippen molar-refractivity contribution in [3.63, 3.8) is 0 Å². The van der Waals surface area contributed by atoms with Gasteiger partial charge < -0.3 is 15.5 Å². The highest BCUT2D eigenvalue weighted by Gasteiger charge is 2.34. The predicted octanol–water partition coefficient (Wildman–Crippen LogP) is -0.628. The van der Waals surface area contributed by atoms with E-state index in [0.29, 0.717) is 12.1 Å². The van der Waals surface area contributed by atoms with E-state index in [1.54, 1.807) is 0 Å². The summed E-state index contributed by atoms with van der Waals surface area (Å²) in [4.78, 5) is 13.1. The molecule has 2 amide bonds. The van der Waals surface area contributed by atoms with Gasteiger partial charge in [0.2, 0.25) is 0 Å². The van der Waals surface area contributed by atoms with Crippen LogP contribution < -0.4 is 10.6 Å². The zero-order valence-corrected chi connectivity index (χ0v) is 6.63. The van der Waals surface area contributed by atoms with Gasteiger partial charge in [-0.1, -0.05) is 0 Å². The summed E-state index contributed by atoms with van der Waals surface area (Å²) in [5, 5.41) is 6.03. The molecular weight excluding hydrogens is 142 g/mol. The monoisotopic (exact) mass is 155 g/mol. The lowest BCUT2D eigenvalue weighted by atomic mass is 10.1. The molecule has 2 rings (SSSR count). The van der Waals surface area contributed by atoms with Crippen LogP contribution in [-0.2, 0) is 0 Å². The smallest absolute Gasteiger partial charge is 0.318 e. The molecule has 0 spiro atoms. The van der Waals surface area contributed by atoms with Crippen LogP contribution in [0.15, 0.2) is 0 Å². The van der Waals surface area contributed by atoms with Crippen molar-refractivity contribution in [1.29, 1.82) is 0 Å². The lowest BCUT2D eigenvalue weighted by molar-refractivity contribution is 0.172. The number of nitrogens with zero attached hydrogens (tertiary/aromatic N) is 1. The molecule has 2 N–H and O–H groups in total. The van der Waals surface area contributed by atoms with E-state index in [9.17, 15) is 4.79 Å². The molecule has 1 unspecified atom stereocenters. The fourth-order valence-corrected chi connectivity index (χ4v) is 1.53. The molecule has 4 nitrogen and oxygen atoms in total. The van der Waals surface area contributed by atoms with E-state index >= 15 is 0 Å². The molecule has 62 valence electrons. The first-order valence-corrected chi connectivity index (χ1v) is 4.05. The third-order valence-corrected chi connectivity index (χ3v) is 2.30. The molecule has 2 saturated heterocycles. The first-order chi connectivity index (χ1) is 5.27. The molecule has 0 bridgehead atoms. The van der Waals surface area contributed by atoms with Crippen LogP contribution in [0.25, 0.3) is 0 Å². The van der Waals surface area contributed by atoms with Crippen molar-refractivity contribution in [2.24, 2.45) is 0 Å². The summed E-state index contributed by atoms with van der Waals surface area (Å²) in [5.41, 5.74) is 0. The summed E-state index contributed by atoms with van der Waals surface area (Å²) in [6.07, 6.45) is 0. The van der Waals surface area contributed by atoms with E-state index in [1.165, 1.54) is 0 Å². The van der Waals surface area contributed by atoms with Crippen LogP contribution >= 0.6 is 0 Å². The molecule has 0 aromatic heterocycles. The van der Waals surface area contributed by atoms with Gasteiger partial charge >= 0.3 is 6.03 Å². The Hall–Kier alpha value is -0.770. The lowest BCUT2D eigenvalue weighted by Crippen LogP contribution is -2.57. The Kier molecular flexibility index (Phi) is 1.49. The van der Waals surface area contributed by atoms with E-state index in [2.05, 4.69) is 10.6 Å². The van der Waals surface area contributed by atoms with Gasteiger partial charge in [0.25, 0.3) is 0 Å². The number of hydrogen-bond donors (Lipinski definition) is 2. The van der Waals surface area contributed by atoms with Crippen LogP contribution in [0.3, 0.4) is 0 Å². The van der Waals surface area contributed by atoms with Gasteiger partial charge in [-0.2, -0.15) is 0 Å². The molecule has 0 saturated carbocycles.